The van der Waals surface area contributed by atoms with Crippen molar-refractivity contribution in [2.75, 3.05) is 0 Å². The predicted octanol–water partition coefficient (Wildman–Crippen LogP) is 4.15. The molecule has 0 aliphatic carbocycles. The smallest absolute Gasteiger partial charge is 0.327 e. The third kappa shape index (κ3) is 2.58. The molecule has 0 spiro atoms. The Labute approximate surface area is 123 Å². The first kappa shape index (κ1) is 13.9. The first-order valence-corrected chi connectivity index (χ1v) is 6.45. The molecule has 21 heavy (non-hydrogen) atoms. The van der Waals surface area contributed by atoms with Crippen LogP contribution in [0.25, 0.3) is 11.0 Å². The van der Waals surface area contributed by atoms with Crippen LogP contribution in [0.5, 0.6) is 0 Å². The number of halogens is 4. The molecule has 0 bridgehead atoms. The third-order valence-corrected chi connectivity index (χ3v) is 3.40. The first-order valence-electron chi connectivity index (χ1n) is 6.07. The molecule has 2 aromatic heterocycles. The Bertz CT molecular complexity index is 781. The van der Waals surface area contributed by atoms with Crippen LogP contribution in [0.1, 0.15) is 11.1 Å². The normalized spacial score (nSPS) is 12.0. The van der Waals surface area contributed by atoms with Crippen LogP contribution in [0.3, 0.4) is 0 Å². The molecule has 0 saturated heterocycles. The van der Waals surface area contributed by atoms with E-state index in [0.29, 0.717) is 0 Å². The van der Waals surface area contributed by atoms with E-state index in [2.05, 4.69) is 9.97 Å². The van der Waals surface area contributed by atoms with E-state index in [1.165, 1.54) is 4.57 Å². The average molecular weight is 312 g/mol. The van der Waals surface area contributed by atoms with Crippen LogP contribution in [0.15, 0.2) is 42.9 Å². The summed E-state index contributed by atoms with van der Waals surface area (Å²) in [6.45, 7) is 0.279. The highest BCUT2D eigenvalue weighted by Gasteiger charge is 2.36. The molecule has 0 N–H and O–H groups in total. The fourth-order valence-electron chi connectivity index (χ4n) is 2.20. The number of benzene rings is 1. The fourth-order valence-corrected chi connectivity index (χ4v) is 2.43. The van der Waals surface area contributed by atoms with Crippen LogP contribution in [0.4, 0.5) is 13.2 Å². The lowest BCUT2D eigenvalue weighted by Crippen LogP contribution is -2.04. The monoisotopic (exact) mass is 311 g/mol. The summed E-state index contributed by atoms with van der Waals surface area (Å²) < 4.78 is 40.8. The summed E-state index contributed by atoms with van der Waals surface area (Å²) >= 11 is 5.82. The molecule has 0 atom stereocenters. The lowest BCUT2D eigenvalue weighted by atomic mass is 10.2. The summed E-state index contributed by atoms with van der Waals surface area (Å²) in [4.78, 5) is 7.58. The van der Waals surface area contributed by atoms with Crippen molar-refractivity contribution < 1.29 is 13.2 Å². The second kappa shape index (κ2) is 5.04. The minimum absolute atomic E-state index is 0.164. The Kier molecular flexibility index (Phi) is 3.33. The van der Waals surface area contributed by atoms with Gasteiger partial charge in [0.05, 0.1) is 10.9 Å². The largest absolute Gasteiger partial charge is 0.418 e. The van der Waals surface area contributed by atoms with Gasteiger partial charge in [-0.15, -0.1) is 0 Å². The summed E-state index contributed by atoms with van der Waals surface area (Å²) in [5, 5.41) is -0.360. The molecule has 7 heteroatoms. The van der Waals surface area contributed by atoms with Crippen LogP contribution >= 0.6 is 11.6 Å². The van der Waals surface area contributed by atoms with Gasteiger partial charge < -0.3 is 4.57 Å². The highest BCUT2D eigenvalue weighted by atomic mass is 35.5. The van der Waals surface area contributed by atoms with Crippen molar-refractivity contribution in [3.05, 3.63) is 59.1 Å². The summed E-state index contributed by atoms with van der Waals surface area (Å²) in [5.41, 5.74) is 0.225. The second-order valence-electron chi connectivity index (χ2n) is 4.52. The SMILES string of the molecule is FC(F)(F)c1cn(Cc2ccccc2)c2ncnc(Cl)c12. The minimum Gasteiger partial charge on any atom is -0.327 e. The standard InChI is InChI=1S/C14H9ClF3N3/c15-12-11-10(14(16,17)18)7-21(13(11)20-8-19-12)6-9-4-2-1-3-5-9/h1-5,7-8H,6H2. The van der Waals surface area contributed by atoms with Gasteiger partial charge in [-0.3, -0.25) is 0 Å². The van der Waals surface area contributed by atoms with E-state index in [1.54, 1.807) is 0 Å². The molecule has 1 aromatic carbocycles. The average Bonchev–Trinajstić information content (AvgIpc) is 2.80. The van der Waals surface area contributed by atoms with E-state index in [9.17, 15) is 13.2 Å². The third-order valence-electron chi connectivity index (χ3n) is 3.11. The highest BCUT2D eigenvalue weighted by molar-refractivity contribution is 6.34. The number of hydrogen-bond acceptors (Lipinski definition) is 2. The molecule has 0 aliphatic heterocycles. The molecule has 0 unspecified atom stereocenters. The number of nitrogens with zero attached hydrogens (tertiary/aromatic N) is 3. The van der Waals surface area contributed by atoms with E-state index in [4.69, 9.17) is 11.6 Å². The van der Waals surface area contributed by atoms with Gasteiger partial charge in [-0.25, -0.2) is 9.97 Å². The van der Waals surface area contributed by atoms with E-state index in [-0.39, 0.29) is 22.7 Å². The molecule has 108 valence electrons. The van der Waals surface area contributed by atoms with E-state index < -0.39 is 11.7 Å². The van der Waals surface area contributed by atoms with Crippen molar-refractivity contribution in [3.8, 4) is 0 Å². The van der Waals surface area contributed by atoms with E-state index >= 15 is 0 Å². The molecule has 3 rings (SSSR count). The van der Waals surface area contributed by atoms with Gasteiger partial charge >= 0.3 is 6.18 Å². The quantitative estimate of drug-likeness (QED) is 0.666. The molecule has 3 aromatic rings. The first-order chi connectivity index (χ1) is 9.97. The molecule has 3 nitrogen and oxygen atoms in total. The molecule has 0 aliphatic rings. The Hall–Kier alpha value is -2.08. The zero-order valence-corrected chi connectivity index (χ0v) is 11.4. The zero-order valence-electron chi connectivity index (χ0n) is 10.6. The van der Waals surface area contributed by atoms with Gasteiger partial charge in [-0.2, -0.15) is 13.2 Å². The van der Waals surface area contributed by atoms with E-state index in [0.717, 1.165) is 18.1 Å². The van der Waals surface area contributed by atoms with Gasteiger partial charge in [-0.05, 0) is 5.56 Å². The molecular formula is C14H9ClF3N3. The fraction of sp³-hybridized carbons (Fsp3) is 0.143. The van der Waals surface area contributed by atoms with Crippen LogP contribution in [0, 0.1) is 0 Å². The van der Waals surface area contributed by atoms with Gasteiger partial charge in [-0.1, -0.05) is 41.9 Å². The van der Waals surface area contributed by atoms with Crippen molar-refractivity contribution in [1.82, 2.24) is 14.5 Å². The predicted molar refractivity (Wildman–Crippen MR) is 73.1 cm³/mol. The van der Waals surface area contributed by atoms with Crippen LogP contribution in [0.2, 0.25) is 5.15 Å². The molecule has 0 amide bonds. The molecule has 0 radical (unpaired) electrons. The highest BCUT2D eigenvalue weighted by Crippen LogP contribution is 2.38. The summed E-state index contributed by atoms with van der Waals surface area (Å²) in [7, 11) is 0. The second-order valence-corrected chi connectivity index (χ2v) is 4.88. The number of hydrogen-bond donors (Lipinski definition) is 0. The Balaban J connectivity index is 2.18. The summed E-state index contributed by atoms with van der Waals surface area (Å²) in [6, 6.07) is 9.17. The molecule has 0 fully saturated rings. The molecular weight excluding hydrogens is 303 g/mol. The topological polar surface area (TPSA) is 30.7 Å². The maximum atomic E-state index is 13.1. The van der Waals surface area contributed by atoms with Crippen LogP contribution in [-0.2, 0) is 12.7 Å². The lowest BCUT2D eigenvalue weighted by molar-refractivity contribution is -0.136. The number of aromatic nitrogens is 3. The van der Waals surface area contributed by atoms with Gasteiger partial charge in [0.2, 0.25) is 0 Å². The zero-order chi connectivity index (χ0) is 15.0. The molecule has 0 saturated carbocycles. The molecule has 2 heterocycles. The van der Waals surface area contributed by atoms with Crippen molar-refractivity contribution in [2.24, 2.45) is 0 Å². The number of rotatable bonds is 2. The van der Waals surface area contributed by atoms with Gasteiger partial charge in [0.15, 0.2) is 0 Å². The Morgan fingerprint density at radius 1 is 1.10 bits per heavy atom. The van der Waals surface area contributed by atoms with E-state index in [1.807, 2.05) is 30.3 Å². The minimum atomic E-state index is -4.51. The van der Waals surface area contributed by atoms with Gasteiger partial charge in [0, 0.05) is 12.7 Å². The summed E-state index contributed by atoms with van der Waals surface area (Å²) in [6.07, 6.45) is -2.32. The van der Waals surface area contributed by atoms with Crippen LogP contribution < -0.4 is 0 Å². The summed E-state index contributed by atoms with van der Waals surface area (Å²) in [5.74, 6) is 0. The maximum Gasteiger partial charge on any atom is 0.418 e. The lowest BCUT2D eigenvalue weighted by Gasteiger charge is -2.04. The van der Waals surface area contributed by atoms with Gasteiger partial charge in [0.25, 0.3) is 0 Å². The Morgan fingerprint density at radius 3 is 2.48 bits per heavy atom. The van der Waals surface area contributed by atoms with Crippen molar-refractivity contribution in [2.45, 2.75) is 12.7 Å². The van der Waals surface area contributed by atoms with Crippen LogP contribution in [-0.4, -0.2) is 14.5 Å². The van der Waals surface area contributed by atoms with Crippen molar-refractivity contribution in [1.29, 1.82) is 0 Å². The Morgan fingerprint density at radius 2 is 1.81 bits per heavy atom. The van der Waals surface area contributed by atoms with Crippen molar-refractivity contribution >= 4 is 22.6 Å². The number of alkyl halides is 3. The van der Waals surface area contributed by atoms with Gasteiger partial charge in [0.1, 0.15) is 17.1 Å². The van der Waals surface area contributed by atoms with Crippen molar-refractivity contribution in [3.63, 3.8) is 0 Å². The number of fused-ring (bicyclic) bond motifs is 1. The maximum absolute atomic E-state index is 13.1.